The normalized spacial score (nSPS) is 15.4. The molecule has 0 saturated carbocycles. The number of methoxy groups -OCH3 is 1. The van der Waals surface area contributed by atoms with Crippen molar-refractivity contribution in [1.82, 2.24) is 0 Å². The molecule has 3 N–H and O–H groups in total. The van der Waals surface area contributed by atoms with Crippen LogP contribution in [0.2, 0.25) is 0 Å². The Bertz CT molecular complexity index is 446. The number of benzene rings is 1. The molecule has 108 valence electrons. The Labute approximate surface area is 113 Å². The van der Waals surface area contributed by atoms with Crippen LogP contribution < -0.4 is 0 Å². The first-order valence-electron chi connectivity index (χ1n) is 6.17. The molecule has 0 heterocycles. The Morgan fingerprint density at radius 2 is 1.74 bits per heavy atom. The van der Waals surface area contributed by atoms with Crippen molar-refractivity contribution in [2.24, 2.45) is 0 Å². The summed E-state index contributed by atoms with van der Waals surface area (Å²) < 4.78 is 4.59. The van der Waals surface area contributed by atoms with Gasteiger partial charge >= 0.3 is 112 Å². The number of hydrogen-bond acceptors (Lipinski definition) is 5. The predicted molar refractivity (Wildman–Crippen MR) is 74.9 cm³/mol. The van der Waals surface area contributed by atoms with Gasteiger partial charge in [0.1, 0.15) is 0 Å². The number of rotatable bonds is 5. The fourth-order valence-corrected chi connectivity index (χ4v) is 4.07. The van der Waals surface area contributed by atoms with Crippen molar-refractivity contribution in [3.8, 4) is 0 Å². The average Bonchev–Trinajstić information content (AvgIpc) is 2.38. The summed E-state index contributed by atoms with van der Waals surface area (Å²) in [6, 6.07) is 6.32. The van der Waals surface area contributed by atoms with Gasteiger partial charge in [-0.25, -0.2) is 0 Å². The summed E-state index contributed by atoms with van der Waals surface area (Å²) in [5.74, 6) is -0.454. The van der Waals surface area contributed by atoms with Gasteiger partial charge in [-0.05, 0) is 0 Å². The molecule has 1 aromatic rings. The number of carbonyl (C=O) groups is 1. The summed E-state index contributed by atoms with van der Waals surface area (Å²) in [5.41, 5.74) is 0.247. The molecule has 1 atom stereocenters. The first kappa shape index (κ1) is 16.1. The van der Waals surface area contributed by atoms with Crippen LogP contribution in [0, 0.1) is 0 Å². The van der Waals surface area contributed by atoms with E-state index in [1.165, 1.54) is 7.11 Å². The molecule has 1 unspecified atom stereocenters. The molecule has 0 spiro atoms. The molecule has 0 amide bonds. The minimum atomic E-state index is -4.69. The van der Waals surface area contributed by atoms with Gasteiger partial charge in [-0.15, -0.1) is 0 Å². The molecule has 1 rings (SSSR count). The van der Waals surface area contributed by atoms with Gasteiger partial charge in [-0.2, -0.15) is 0 Å². The summed E-state index contributed by atoms with van der Waals surface area (Å²) in [7, 11) is -3.39. The molecule has 5 nitrogen and oxygen atoms in total. The van der Waals surface area contributed by atoms with Crippen molar-refractivity contribution in [2.75, 3.05) is 13.3 Å². The number of hydrogen-bond donors (Lipinski definition) is 3. The molecule has 19 heavy (non-hydrogen) atoms. The summed E-state index contributed by atoms with van der Waals surface area (Å²) in [5, 5.41) is 0. The van der Waals surface area contributed by atoms with Crippen molar-refractivity contribution < 1.29 is 24.2 Å². The van der Waals surface area contributed by atoms with Crippen molar-refractivity contribution in [3.63, 3.8) is 0 Å². The zero-order chi connectivity index (χ0) is 14.7. The van der Waals surface area contributed by atoms with Crippen LogP contribution in [0.5, 0.6) is 0 Å². The maximum absolute atomic E-state index is 11.3. The van der Waals surface area contributed by atoms with Crippen LogP contribution in [0.3, 0.4) is 0 Å². The maximum atomic E-state index is 11.3. The van der Waals surface area contributed by atoms with Gasteiger partial charge in [0.2, 0.25) is 0 Å². The second-order valence-corrected chi connectivity index (χ2v) is 8.27. The second kappa shape index (κ2) is 5.55. The summed E-state index contributed by atoms with van der Waals surface area (Å²) >= 11 is 0. The molecular formula is C13H21O5P. The molecular weight excluding hydrogens is 267 g/mol. The van der Waals surface area contributed by atoms with E-state index in [9.17, 15) is 19.5 Å². The van der Waals surface area contributed by atoms with Crippen LogP contribution in [0.4, 0.5) is 0 Å². The monoisotopic (exact) mass is 288 g/mol. The van der Waals surface area contributed by atoms with Crippen LogP contribution >= 0.6 is 7.28 Å². The van der Waals surface area contributed by atoms with Gasteiger partial charge in [-0.3, -0.25) is 0 Å². The Kier molecular flexibility index (Phi) is 4.69. The third kappa shape index (κ3) is 3.51. The quantitative estimate of drug-likeness (QED) is 0.571. The van der Waals surface area contributed by atoms with E-state index in [2.05, 4.69) is 4.74 Å². The molecule has 0 aliphatic rings. The van der Waals surface area contributed by atoms with E-state index in [4.69, 9.17) is 0 Å². The summed E-state index contributed by atoms with van der Waals surface area (Å²) in [4.78, 5) is 41.5. The van der Waals surface area contributed by atoms with Gasteiger partial charge in [-0.1, -0.05) is 0 Å². The van der Waals surface area contributed by atoms with E-state index >= 15 is 0 Å². The van der Waals surface area contributed by atoms with Gasteiger partial charge in [0.25, 0.3) is 0 Å². The standard InChI is InChI=1S/C13H21O5P/c1-4-12(19(15,16,17)5-2)10-6-8-11(9-7-10)13(14)18-3/h6-9,12,15-17H,4-5H2,1-3H3. The fraction of sp³-hybridized carbons (Fsp3) is 0.462. The van der Waals surface area contributed by atoms with E-state index in [0.29, 0.717) is 17.5 Å². The van der Waals surface area contributed by atoms with Crippen LogP contribution in [0.25, 0.3) is 0 Å². The van der Waals surface area contributed by atoms with E-state index < -0.39 is 18.9 Å². The van der Waals surface area contributed by atoms with Crippen molar-refractivity contribution in [1.29, 1.82) is 0 Å². The SMILES string of the molecule is CCC(c1ccc(C(=O)OC)cc1)P(O)(O)(O)CC. The molecule has 0 aliphatic heterocycles. The fourth-order valence-electron chi connectivity index (χ4n) is 2.09. The Hall–Kier alpha value is -1.00. The first-order chi connectivity index (χ1) is 8.73. The van der Waals surface area contributed by atoms with E-state index in [1.807, 2.05) is 0 Å². The van der Waals surface area contributed by atoms with Gasteiger partial charge in [0.15, 0.2) is 0 Å². The Morgan fingerprint density at radius 3 is 2.11 bits per heavy atom. The number of ether oxygens (including phenoxy) is 1. The van der Waals surface area contributed by atoms with Crippen molar-refractivity contribution in [3.05, 3.63) is 35.4 Å². The second-order valence-electron chi connectivity index (χ2n) is 4.58. The van der Waals surface area contributed by atoms with Gasteiger partial charge < -0.3 is 0 Å². The zero-order valence-electron chi connectivity index (χ0n) is 11.4. The zero-order valence-corrected chi connectivity index (χ0v) is 12.3. The van der Waals surface area contributed by atoms with Crippen LogP contribution in [0.15, 0.2) is 24.3 Å². The molecule has 0 aliphatic carbocycles. The minimum absolute atomic E-state index is 0.0944. The molecule has 6 heteroatoms. The third-order valence-electron chi connectivity index (χ3n) is 3.35. The van der Waals surface area contributed by atoms with E-state index in [1.54, 1.807) is 38.1 Å². The van der Waals surface area contributed by atoms with Crippen molar-refractivity contribution in [2.45, 2.75) is 25.9 Å². The van der Waals surface area contributed by atoms with Crippen LogP contribution in [-0.2, 0) is 4.74 Å². The van der Waals surface area contributed by atoms with Gasteiger partial charge in [0.05, 0.1) is 0 Å². The third-order valence-corrected chi connectivity index (χ3v) is 6.50. The van der Waals surface area contributed by atoms with E-state index in [-0.39, 0.29) is 6.16 Å². The van der Waals surface area contributed by atoms with Gasteiger partial charge in [0, 0.05) is 0 Å². The molecule has 0 bridgehead atoms. The number of esters is 1. The molecule has 0 fully saturated rings. The molecule has 0 radical (unpaired) electrons. The molecule has 1 aromatic carbocycles. The summed E-state index contributed by atoms with van der Waals surface area (Å²) in [6.45, 7) is 3.32. The average molecular weight is 288 g/mol. The van der Waals surface area contributed by atoms with Crippen LogP contribution in [0.1, 0.15) is 41.8 Å². The Balaban J connectivity index is 3.12. The van der Waals surface area contributed by atoms with Crippen LogP contribution in [-0.4, -0.2) is 33.9 Å². The molecule has 0 aromatic heterocycles. The topological polar surface area (TPSA) is 87.0 Å². The predicted octanol–water partition coefficient (Wildman–Crippen LogP) is 2.22. The number of carbonyl (C=O) groups excluding carboxylic acids is 1. The molecule has 0 saturated heterocycles. The summed E-state index contributed by atoms with van der Waals surface area (Å²) in [6.07, 6.45) is 0.301. The van der Waals surface area contributed by atoms with E-state index in [0.717, 1.165) is 0 Å². The first-order valence-corrected chi connectivity index (χ1v) is 8.52. The Morgan fingerprint density at radius 1 is 1.21 bits per heavy atom. The van der Waals surface area contributed by atoms with Crippen molar-refractivity contribution >= 4 is 13.3 Å².